The largest absolute Gasteiger partial charge is 0.479 e. The molecule has 1 N–H and O–H groups in total. The SMILES string of the molecule is CN1/C(=C2\SC(=S)N(C(C(=O)O)c3ccccc3)C2=O)N(C)c2cc(C(F)(F)F)ccc21. The Labute approximate surface area is 190 Å². The highest BCUT2D eigenvalue weighted by Crippen LogP contribution is 2.48. The number of thioether (sulfide) groups is 1. The van der Waals surface area contributed by atoms with Crippen LogP contribution in [0.3, 0.4) is 0 Å². The molecule has 1 amide bonds. The van der Waals surface area contributed by atoms with Crippen molar-refractivity contribution in [3.8, 4) is 0 Å². The minimum Gasteiger partial charge on any atom is -0.479 e. The first-order valence-electron chi connectivity index (χ1n) is 9.28. The van der Waals surface area contributed by atoms with Gasteiger partial charge in [0.2, 0.25) is 0 Å². The lowest BCUT2D eigenvalue weighted by Crippen LogP contribution is -2.38. The first-order chi connectivity index (χ1) is 15.0. The zero-order chi connectivity index (χ0) is 23.4. The molecule has 1 saturated heterocycles. The maximum Gasteiger partial charge on any atom is 0.416 e. The van der Waals surface area contributed by atoms with Crippen molar-refractivity contribution in [1.82, 2.24) is 4.90 Å². The van der Waals surface area contributed by atoms with Crippen LogP contribution in [0.15, 0.2) is 59.3 Å². The van der Waals surface area contributed by atoms with Crippen molar-refractivity contribution in [2.75, 3.05) is 23.9 Å². The van der Waals surface area contributed by atoms with Gasteiger partial charge in [-0.3, -0.25) is 9.69 Å². The second-order valence-electron chi connectivity index (χ2n) is 7.17. The third-order valence-electron chi connectivity index (χ3n) is 5.27. The predicted octanol–water partition coefficient (Wildman–Crippen LogP) is 4.45. The number of thiocarbonyl (C=S) groups is 1. The highest BCUT2D eigenvalue weighted by atomic mass is 32.2. The van der Waals surface area contributed by atoms with Crippen LogP contribution in [0.2, 0.25) is 0 Å². The van der Waals surface area contributed by atoms with Crippen LogP contribution >= 0.6 is 24.0 Å². The minimum absolute atomic E-state index is 0.0579. The molecule has 4 rings (SSSR count). The lowest BCUT2D eigenvalue weighted by molar-refractivity contribution is -0.145. The fraction of sp³-hybridized carbons (Fsp3) is 0.190. The van der Waals surface area contributed by atoms with Gasteiger partial charge in [-0.2, -0.15) is 13.2 Å². The molecule has 0 aliphatic carbocycles. The summed E-state index contributed by atoms with van der Waals surface area (Å²) in [5.41, 5.74) is 0.341. The Balaban J connectivity index is 1.77. The van der Waals surface area contributed by atoms with E-state index in [2.05, 4.69) is 0 Å². The Morgan fingerprint density at radius 3 is 2.28 bits per heavy atom. The summed E-state index contributed by atoms with van der Waals surface area (Å²) in [5, 5.41) is 9.82. The highest BCUT2D eigenvalue weighted by molar-refractivity contribution is 8.26. The number of nitrogens with zero attached hydrogens (tertiary/aromatic N) is 3. The molecule has 32 heavy (non-hydrogen) atoms. The molecule has 1 atom stereocenters. The van der Waals surface area contributed by atoms with Crippen LogP contribution in [-0.2, 0) is 15.8 Å². The lowest BCUT2D eigenvalue weighted by atomic mass is 10.1. The van der Waals surface area contributed by atoms with Crippen LogP contribution in [0.25, 0.3) is 0 Å². The van der Waals surface area contributed by atoms with Gasteiger partial charge in [0.15, 0.2) is 6.04 Å². The molecule has 2 aromatic carbocycles. The van der Waals surface area contributed by atoms with E-state index in [1.54, 1.807) is 49.3 Å². The van der Waals surface area contributed by atoms with Crippen LogP contribution < -0.4 is 9.80 Å². The number of carbonyl (C=O) groups excluding carboxylic acids is 1. The Kier molecular flexibility index (Phi) is 5.41. The number of rotatable bonds is 3. The summed E-state index contributed by atoms with van der Waals surface area (Å²) in [7, 11) is 3.18. The molecule has 0 saturated carbocycles. The molecule has 0 radical (unpaired) electrons. The fourth-order valence-corrected chi connectivity index (χ4v) is 5.23. The molecule has 2 aliphatic heterocycles. The van der Waals surface area contributed by atoms with Crippen LogP contribution in [0.4, 0.5) is 24.5 Å². The zero-order valence-electron chi connectivity index (χ0n) is 16.8. The minimum atomic E-state index is -4.51. The number of anilines is 2. The molecule has 2 heterocycles. The second-order valence-corrected chi connectivity index (χ2v) is 8.81. The molecule has 1 fully saturated rings. The molecule has 1 unspecified atom stereocenters. The smallest absolute Gasteiger partial charge is 0.416 e. The number of amides is 1. The monoisotopic (exact) mass is 479 g/mol. The number of carboxylic acids is 1. The fourth-order valence-electron chi connectivity index (χ4n) is 3.78. The van der Waals surface area contributed by atoms with Gasteiger partial charge in [0, 0.05) is 14.1 Å². The Hall–Kier alpha value is -3.05. The van der Waals surface area contributed by atoms with Gasteiger partial charge in [0.05, 0.1) is 16.9 Å². The first-order valence-corrected chi connectivity index (χ1v) is 10.5. The molecule has 0 spiro atoms. The zero-order valence-corrected chi connectivity index (χ0v) is 18.4. The topological polar surface area (TPSA) is 64.1 Å². The number of aliphatic carboxylic acids is 1. The van der Waals surface area contributed by atoms with Crippen LogP contribution in [0.5, 0.6) is 0 Å². The van der Waals surface area contributed by atoms with Gasteiger partial charge in [-0.05, 0) is 23.8 Å². The summed E-state index contributed by atoms with van der Waals surface area (Å²) in [5.74, 6) is -1.53. The van der Waals surface area contributed by atoms with E-state index in [0.717, 1.165) is 28.8 Å². The summed E-state index contributed by atoms with van der Waals surface area (Å²) in [6.45, 7) is 0. The van der Waals surface area contributed by atoms with Crippen molar-refractivity contribution in [3.05, 3.63) is 70.4 Å². The summed E-state index contributed by atoms with van der Waals surface area (Å²) in [6, 6.07) is 10.2. The Morgan fingerprint density at radius 2 is 1.69 bits per heavy atom. The van der Waals surface area contributed by atoms with Crippen LogP contribution in [0.1, 0.15) is 17.2 Å². The maximum absolute atomic E-state index is 13.4. The van der Waals surface area contributed by atoms with Crippen molar-refractivity contribution in [2.45, 2.75) is 12.2 Å². The number of benzene rings is 2. The number of carbonyl (C=O) groups is 2. The molecular weight excluding hydrogens is 463 g/mol. The van der Waals surface area contributed by atoms with Gasteiger partial charge in [0.25, 0.3) is 5.91 Å². The normalized spacial score (nSPS) is 19.6. The molecule has 6 nitrogen and oxygen atoms in total. The number of halogens is 3. The molecule has 0 bridgehead atoms. The van der Waals surface area contributed by atoms with E-state index in [1.165, 1.54) is 11.0 Å². The van der Waals surface area contributed by atoms with Crippen LogP contribution in [0, 0.1) is 0 Å². The van der Waals surface area contributed by atoms with Crippen molar-refractivity contribution in [2.24, 2.45) is 0 Å². The summed E-state index contributed by atoms with van der Waals surface area (Å²) in [6.07, 6.45) is -4.51. The first kappa shape index (κ1) is 22.2. The van der Waals surface area contributed by atoms with E-state index >= 15 is 0 Å². The number of hydrogen-bond acceptors (Lipinski definition) is 6. The third-order valence-corrected chi connectivity index (χ3v) is 6.65. The van der Waals surface area contributed by atoms with Gasteiger partial charge < -0.3 is 14.9 Å². The number of alkyl halides is 3. The number of fused-ring (bicyclic) bond motifs is 1. The van der Waals surface area contributed by atoms with E-state index in [-0.39, 0.29) is 14.9 Å². The maximum atomic E-state index is 13.4. The van der Waals surface area contributed by atoms with E-state index in [1.807, 2.05) is 0 Å². The predicted molar refractivity (Wildman–Crippen MR) is 119 cm³/mol. The summed E-state index contributed by atoms with van der Waals surface area (Å²) in [4.78, 5) is 29.6. The molecule has 11 heteroatoms. The highest BCUT2D eigenvalue weighted by Gasteiger charge is 2.45. The van der Waals surface area contributed by atoms with E-state index in [0.29, 0.717) is 17.1 Å². The van der Waals surface area contributed by atoms with Crippen molar-refractivity contribution >= 4 is 51.6 Å². The third kappa shape index (κ3) is 3.51. The molecule has 2 aliphatic rings. The molecule has 166 valence electrons. The summed E-state index contributed by atoms with van der Waals surface area (Å²) >= 11 is 6.27. The van der Waals surface area contributed by atoms with Crippen molar-refractivity contribution in [1.29, 1.82) is 0 Å². The van der Waals surface area contributed by atoms with Gasteiger partial charge in [-0.25, -0.2) is 4.79 Å². The molecular formula is C21H16F3N3O3S2. The number of carboxylic acid groups (broad SMARTS) is 1. The van der Waals surface area contributed by atoms with Gasteiger partial charge in [-0.15, -0.1) is 0 Å². The van der Waals surface area contributed by atoms with E-state index < -0.39 is 29.7 Å². The van der Waals surface area contributed by atoms with Crippen molar-refractivity contribution < 1.29 is 27.9 Å². The van der Waals surface area contributed by atoms with Gasteiger partial charge >= 0.3 is 12.1 Å². The Morgan fingerprint density at radius 1 is 1.06 bits per heavy atom. The standard InChI is InChI=1S/C21H16F3N3O3S2/c1-25-13-9-8-12(21(22,23)24)10-14(13)26(2)17(25)16-18(28)27(20(31)32-16)15(19(29)30)11-6-4-3-5-7-11/h3-10,15H,1-2H3,(H,29,30)/b17-16+. The quantitative estimate of drug-likeness (QED) is 0.516. The lowest BCUT2D eigenvalue weighted by Gasteiger charge is -2.24. The average molecular weight is 480 g/mol. The van der Waals surface area contributed by atoms with Crippen LogP contribution in [-0.4, -0.2) is 40.3 Å². The van der Waals surface area contributed by atoms with E-state index in [4.69, 9.17) is 12.2 Å². The van der Waals surface area contributed by atoms with Crippen molar-refractivity contribution in [3.63, 3.8) is 0 Å². The summed E-state index contributed by atoms with van der Waals surface area (Å²) < 4.78 is 39.6. The second kappa shape index (κ2) is 7.82. The van der Waals surface area contributed by atoms with E-state index in [9.17, 15) is 27.9 Å². The molecule has 2 aromatic rings. The van der Waals surface area contributed by atoms with Gasteiger partial charge in [0.1, 0.15) is 15.0 Å². The number of hydrogen-bond donors (Lipinski definition) is 1. The molecule has 0 aromatic heterocycles. The Bertz CT molecular complexity index is 1170. The average Bonchev–Trinajstić information content (AvgIpc) is 3.15. The van der Waals surface area contributed by atoms with Gasteiger partial charge in [-0.1, -0.05) is 54.3 Å².